The van der Waals surface area contributed by atoms with E-state index in [0.717, 1.165) is 0 Å². The van der Waals surface area contributed by atoms with Gasteiger partial charge in [0.2, 0.25) is 0 Å². The molecule has 0 unspecified atom stereocenters. The van der Waals surface area contributed by atoms with Crippen molar-refractivity contribution in [3.8, 4) is 0 Å². The number of nitrogens with zero attached hydrogens (tertiary/aromatic N) is 2. The third kappa shape index (κ3) is 1.59. The predicted molar refractivity (Wildman–Crippen MR) is 51.6 cm³/mol. The lowest BCUT2D eigenvalue weighted by Crippen LogP contribution is -2.35. The molecule has 1 saturated heterocycles. The summed E-state index contributed by atoms with van der Waals surface area (Å²) in [6.07, 6.45) is -0.465. The Kier molecular flexibility index (Phi) is 2.61. The summed E-state index contributed by atoms with van der Waals surface area (Å²) in [5, 5.41) is 19.3. The van der Waals surface area contributed by atoms with Crippen LogP contribution in [0.4, 0.5) is 5.82 Å². The summed E-state index contributed by atoms with van der Waals surface area (Å²) in [5.74, 6) is 0.365. The van der Waals surface area contributed by atoms with E-state index in [2.05, 4.69) is 4.98 Å². The number of aromatic nitrogens is 2. The van der Waals surface area contributed by atoms with E-state index in [0.29, 0.717) is 5.82 Å². The first-order valence-electron chi connectivity index (χ1n) is 4.64. The zero-order valence-electron chi connectivity index (χ0n) is 8.02. The molecule has 4 atom stereocenters. The summed E-state index contributed by atoms with van der Waals surface area (Å²) in [6, 6.07) is 0. The average molecular weight is 214 g/mol. The largest absolute Gasteiger partial charge is 0.387 e. The minimum absolute atomic E-state index is 0.142. The lowest BCUT2D eigenvalue weighted by Gasteiger charge is -2.17. The van der Waals surface area contributed by atoms with Crippen molar-refractivity contribution >= 4 is 5.82 Å². The first-order chi connectivity index (χ1) is 7.15. The minimum Gasteiger partial charge on any atom is -0.387 e. The molecule has 0 amide bonds. The van der Waals surface area contributed by atoms with Crippen LogP contribution in [0, 0.1) is 0 Å². The highest BCUT2D eigenvalue weighted by Crippen LogP contribution is 2.30. The van der Waals surface area contributed by atoms with Crippen LogP contribution in [0.1, 0.15) is 6.23 Å². The standard InChI is InChI=1S/C8H14N4O3/c9-1-4-6(13)7(14)8(15-4)12-3-11-2-5(12)10/h2-4,6-8,13-14H,1,9-10H2/t4-,6-,7-,8-/m1/s1. The van der Waals surface area contributed by atoms with Crippen LogP contribution >= 0.6 is 0 Å². The maximum absolute atomic E-state index is 9.72. The van der Waals surface area contributed by atoms with E-state index in [9.17, 15) is 10.2 Å². The van der Waals surface area contributed by atoms with Crippen molar-refractivity contribution in [2.45, 2.75) is 24.5 Å². The van der Waals surface area contributed by atoms with Gasteiger partial charge in [0.25, 0.3) is 0 Å². The van der Waals surface area contributed by atoms with Crippen molar-refractivity contribution < 1.29 is 14.9 Å². The molecular weight excluding hydrogens is 200 g/mol. The number of anilines is 1. The van der Waals surface area contributed by atoms with E-state index < -0.39 is 24.5 Å². The van der Waals surface area contributed by atoms with Gasteiger partial charge in [-0.25, -0.2) is 4.98 Å². The van der Waals surface area contributed by atoms with Gasteiger partial charge in [-0.1, -0.05) is 0 Å². The fourth-order valence-electron chi connectivity index (χ4n) is 1.68. The summed E-state index contributed by atoms with van der Waals surface area (Å²) < 4.78 is 6.84. The summed E-state index contributed by atoms with van der Waals surface area (Å²) >= 11 is 0. The average Bonchev–Trinajstić information content (AvgIpc) is 2.74. The number of ether oxygens (including phenoxy) is 1. The van der Waals surface area contributed by atoms with Crippen LogP contribution in [-0.2, 0) is 4.74 Å². The normalized spacial score (nSPS) is 35.9. The highest BCUT2D eigenvalue weighted by atomic mass is 16.6. The van der Waals surface area contributed by atoms with Gasteiger partial charge in [-0.15, -0.1) is 0 Å². The van der Waals surface area contributed by atoms with Crippen LogP contribution in [0.3, 0.4) is 0 Å². The molecule has 15 heavy (non-hydrogen) atoms. The Labute approximate surface area is 86.3 Å². The van der Waals surface area contributed by atoms with Gasteiger partial charge in [0.15, 0.2) is 6.23 Å². The van der Waals surface area contributed by atoms with Crippen molar-refractivity contribution in [3.05, 3.63) is 12.5 Å². The van der Waals surface area contributed by atoms with E-state index >= 15 is 0 Å². The summed E-state index contributed by atoms with van der Waals surface area (Å²) in [7, 11) is 0. The molecule has 1 aromatic rings. The fraction of sp³-hybridized carbons (Fsp3) is 0.625. The Balaban J connectivity index is 2.22. The Morgan fingerprint density at radius 3 is 2.67 bits per heavy atom. The van der Waals surface area contributed by atoms with Gasteiger partial charge in [0.1, 0.15) is 24.1 Å². The zero-order chi connectivity index (χ0) is 11.0. The number of rotatable bonds is 2. The summed E-state index contributed by atoms with van der Waals surface area (Å²) in [6.45, 7) is 0.142. The van der Waals surface area contributed by atoms with Crippen LogP contribution in [0.15, 0.2) is 12.5 Å². The van der Waals surface area contributed by atoms with Crippen LogP contribution in [0.2, 0.25) is 0 Å². The molecule has 1 aliphatic rings. The number of aliphatic hydroxyl groups excluding tert-OH is 2. The van der Waals surface area contributed by atoms with Crippen molar-refractivity contribution in [1.82, 2.24) is 9.55 Å². The molecule has 0 spiro atoms. The first-order valence-corrected chi connectivity index (χ1v) is 4.64. The van der Waals surface area contributed by atoms with E-state index in [1.54, 1.807) is 0 Å². The smallest absolute Gasteiger partial charge is 0.165 e. The van der Waals surface area contributed by atoms with Crippen LogP contribution in [0.5, 0.6) is 0 Å². The van der Waals surface area contributed by atoms with Gasteiger partial charge in [-0.2, -0.15) is 0 Å². The Morgan fingerprint density at radius 1 is 1.47 bits per heavy atom. The second-order valence-corrected chi connectivity index (χ2v) is 3.51. The molecule has 0 aromatic carbocycles. The quantitative estimate of drug-likeness (QED) is 0.454. The maximum Gasteiger partial charge on any atom is 0.165 e. The van der Waals surface area contributed by atoms with E-state index in [1.165, 1.54) is 17.1 Å². The molecule has 7 heteroatoms. The molecule has 2 heterocycles. The van der Waals surface area contributed by atoms with Crippen LogP contribution < -0.4 is 11.5 Å². The highest BCUT2D eigenvalue weighted by Gasteiger charge is 2.43. The van der Waals surface area contributed by atoms with E-state index in [4.69, 9.17) is 16.2 Å². The predicted octanol–water partition coefficient (Wildman–Crippen LogP) is -1.96. The summed E-state index contributed by atoms with van der Waals surface area (Å²) in [5.41, 5.74) is 11.0. The lowest BCUT2D eigenvalue weighted by atomic mass is 10.1. The molecule has 1 fully saturated rings. The van der Waals surface area contributed by atoms with E-state index in [-0.39, 0.29) is 6.54 Å². The molecule has 0 radical (unpaired) electrons. The highest BCUT2D eigenvalue weighted by molar-refractivity contribution is 5.25. The third-order valence-corrected chi connectivity index (χ3v) is 2.54. The SMILES string of the molecule is NC[C@H]1O[C@@H](n2cncc2N)[C@H](O)[C@@H]1O. The molecule has 6 N–H and O–H groups in total. The third-order valence-electron chi connectivity index (χ3n) is 2.54. The molecule has 7 nitrogen and oxygen atoms in total. The summed E-state index contributed by atoms with van der Waals surface area (Å²) in [4.78, 5) is 3.81. The minimum atomic E-state index is -1.05. The molecule has 84 valence electrons. The molecule has 2 rings (SSSR count). The lowest BCUT2D eigenvalue weighted by molar-refractivity contribution is -0.0330. The van der Waals surface area contributed by atoms with Crippen LogP contribution in [0.25, 0.3) is 0 Å². The molecule has 0 saturated carbocycles. The number of nitrogens with two attached hydrogens (primary N) is 2. The van der Waals surface area contributed by atoms with Crippen molar-refractivity contribution in [3.63, 3.8) is 0 Å². The molecule has 1 aliphatic heterocycles. The second-order valence-electron chi connectivity index (χ2n) is 3.51. The second kappa shape index (κ2) is 3.78. The fourth-order valence-corrected chi connectivity index (χ4v) is 1.68. The zero-order valence-corrected chi connectivity index (χ0v) is 8.02. The Hall–Kier alpha value is -1.15. The van der Waals surface area contributed by atoms with Gasteiger partial charge >= 0.3 is 0 Å². The first kappa shape index (κ1) is 10.4. The van der Waals surface area contributed by atoms with Gasteiger partial charge in [-0.05, 0) is 0 Å². The Bertz CT molecular complexity index is 342. The molecule has 1 aromatic heterocycles. The maximum atomic E-state index is 9.72. The number of hydrogen-bond acceptors (Lipinski definition) is 6. The van der Waals surface area contributed by atoms with Crippen LogP contribution in [-0.4, -0.2) is 44.6 Å². The molecular formula is C8H14N4O3. The topological polar surface area (TPSA) is 120 Å². The number of hydrogen-bond donors (Lipinski definition) is 4. The molecule has 0 aliphatic carbocycles. The van der Waals surface area contributed by atoms with Crippen molar-refractivity contribution in [1.29, 1.82) is 0 Å². The van der Waals surface area contributed by atoms with Crippen molar-refractivity contribution in [2.24, 2.45) is 5.73 Å². The number of imidazole rings is 1. The van der Waals surface area contributed by atoms with Gasteiger partial charge in [0, 0.05) is 6.54 Å². The van der Waals surface area contributed by atoms with Gasteiger partial charge in [0.05, 0.1) is 12.5 Å². The number of nitrogen functional groups attached to an aromatic ring is 1. The molecule has 0 bridgehead atoms. The number of aliphatic hydroxyl groups is 2. The van der Waals surface area contributed by atoms with Gasteiger partial charge in [-0.3, -0.25) is 4.57 Å². The van der Waals surface area contributed by atoms with E-state index in [1.807, 2.05) is 0 Å². The Morgan fingerprint density at radius 2 is 2.20 bits per heavy atom. The van der Waals surface area contributed by atoms with Gasteiger partial charge < -0.3 is 26.4 Å². The van der Waals surface area contributed by atoms with Crippen molar-refractivity contribution in [2.75, 3.05) is 12.3 Å². The monoisotopic (exact) mass is 214 g/mol.